The Balaban J connectivity index is 2.67. The van der Waals surface area contributed by atoms with Crippen LogP contribution in [-0.4, -0.2) is 5.88 Å². The van der Waals surface area contributed by atoms with Crippen molar-refractivity contribution in [2.24, 2.45) is 0 Å². The van der Waals surface area contributed by atoms with E-state index in [0.29, 0.717) is 5.88 Å². The molecular weight excluding hydrogens is 156 g/mol. The summed E-state index contributed by atoms with van der Waals surface area (Å²) in [6.07, 6.45) is 11.2. The maximum atomic E-state index is 5.65. The molecule has 0 N–H and O–H groups in total. The van der Waals surface area contributed by atoms with Gasteiger partial charge < -0.3 is 0 Å². The van der Waals surface area contributed by atoms with Crippen LogP contribution in [-0.2, 0) is 0 Å². The van der Waals surface area contributed by atoms with Crippen molar-refractivity contribution in [1.82, 2.24) is 0 Å². The van der Waals surface area contributed by atoms with E-state index in [1.165, 1.54) is 30.4 Å². The molecule has 0 spiro atoms. The third-order valence-corrected chi connectivity index (χ3v) is 2.34. The lowest BCUT2D eigenvalue weighted by atomic mass is 9.91. The Kier molecular flexibility index (Phi) is 3.52. The Hall–Kier alpha value is -0.410. The molecule has 0 aromatic carbocycles. The Morgan fingerprint density at radius 2 is 2.09 bits per heavy atom. The lowest BCUT2D eigenvalue weighted by Crippen LogP contribution is -1.98. The molecule has 1 heteroatoms. The van der Waals surface area contributed by atoms with Gasteiger partial charge in [-0.2, -0.15) is 0 Å². The fourth-order valence-corrected chi connectivity index (χ4v) is 1.76. The first-order valence-corrected chi connectivity index (χ1v) is 4.65. The van der Waals surface area contributed by atoms with Gasteiger partial charge >= 0.3 is 0 Å². The maximum absolute atomic E-state index is 5.65. The lowest BCUT2D eigenvalue weighted by Gasteiger charge is -2.15. The van der Waals surface area contributed by atoms with Crippen LogP contribution in [0.4, 0.5) is 0 Å². The largest absolute Gasteiger partial charge is 0.126 e. The number of terminal acetylenes is 1. The average Bonchev–Trinajstić information content (AvgIpc) is 2.06. The zero-order valence-electron chi connectivity index (χ0n) is 6.70. The van der Waals surface area contributed by atoms with Crippen LogP contribution in [0.2, 0.25) is 0 Å². The zero-order chi connectivity index (χ0) is 8.10. The van der Waals surface area contributed by atoms with Gasteiger partial charge in [0.2, 0.25) is 0 Å². The highest BCUT2D eigenvalue weighted by Crippen LogP contribution is 2.26. The highest BCUT2D eigenvalue weighted by molar-refractivity contribution is 6.18. The third kappa shape index (κ3) is 2.27. The summed E-state index contributed by atoms with van der Waals surface area (Å²) in [4.78, 5) is 0. The van der Waals surface area contributed by atoms with Gasteiger partial charge in [-0.1, -0.05) is 11.5 Å². The molecule has 0 saturated carbocycles. The van der Waals surface area contributed by atoms with E-state index in [0.717, 1.165) is 12.8 Å². The number of hydrogen-bond acceptors (Lipinski definition) is 0. The summed E-state index contributed by atoms with van der Waals surface area (Å²) < 4.78 is 0. The number of hydrogen-bond donors (Lipinski definition) is 0. The molecular formula is C10H13Cl. The SMILES string of the molecule is C#CC1=C(CCCl)CCCC1. The highest BCUT2D eigenvalue weighted by Gasteiger charge is 2.09. The fourth-order valence-electron chi connectivity index (χ4n) is 1.53. The first kappa shape index (κ1) is 8.68. The molecule has 1 rings (SSSR count). The van der Waals surface area contributed by atoms with Crippen LogP contribution >= 0.6 is 11.6 Å². The molecule has 0 bridgehead atoms. The summed E-state index contributed by atoms with van der Waals surface area (Å²) in [6.45, 7) is 0. The van der Waals surface area contributed by atoms with Crippen molar-refractivity contribution in [3.8, 4) is 12.3 Å². The molecule has 60 valence electrons. The van der Waals surface area contributed by atoms with E-state index in [1.807, 2.05) is 0 Å². The maximum Gasteiger partial charge on any atom is 0.0261 e. The number of rotatable bonds is 2. The molecule has 0 aromatic heterocycles. The number of alkyl halides is 1. The predicted molar refractivity (Wildman–Crippen MR) is 49.7 cm³/mol. The van der Waals surface area contributed by atoms with E-state index < -0.39 is 0 Å². The molecule has 0 nitrogen and oxygen atoms in total. The highest BCUT2D eigenvalue weighted by atomic mass is 35.5. The van der Waals surface area contributed by atoms with Gasteiger partial charge in [-0.25, -0.2) is 0 Å². The van der Waals surface area contributed by atoms with Crippen LogP contribution in [0, 0.1) is 12.3 Å². The van der Waals surface area contributed by atoms with Crippen molar-refractivity contribution in [3.63, 3.8) is 0 Å². The molecule has 0 radical (unpaired) electrons. The Bertz CT molecular complexity index is 195. The van der Waals surface area contributed by atoms with Crippen LogP contribution in [0.15, 0.2) is 11.1 Å². The smallest absolute Gasteiger partial charge is 0.0261 e. The molecule has 0 heterocycles. The van der Waals surface area contributed by atoms with Gasteiger partial charge in [0.25, 0.3) is 0 Å². The van der Waals surface area contributed by atoms with Gasteiger partial charge in [0.1, 0.15) is 0 Å². The van der Waals surface area contributed by atoms with Crippen LogP contribution in [0.3, 0.4) is 0 Å². The Labute approximate surface area is 73.6 Å². The van der Waals surface area contributed by atoms with E-state index in [-0.39, 0.29) is 0 Å². The molecule has 0 aliphatic heterocycles. The standard InChI is InChI=1S/C10H13Cl/c1-2-9-5-3-4-6-10(9)7-8-11/h1H,3-8H2. The van der Waals surface area contributed by atoms with Crippen molar-refractivity contribution in [2.75, 3.05) is 5.88 Å². The average molecular weight is 169 g/mol. The van der Waals surface area contributed by atoms with Crippen molar-refractivity contribution < 1.29 is 0 Å². The van der Waals surface area contributed by atoms with Crippen molar-refractivity contribution >= 4 is 11.6 Å². The second-order valence-corrected chi connectivity index (χ2v) is 3.25. The lowest BCUT2D eigenvalue weighted by molar-refractivity contribution is 0.670. The van der Waals surface area contributed by atoms with Crippen molar-refractivity contribution in [3.05, 3.63) is 11.1 Å². The Morgan fingerprint density at radius 1 is 1.36 bits per heavy atom. The molecule has 1 aliphatic rings. The number of allylic oxidation sites excluding steroid dienone is 2. The van der Waals surface area contributed by atoms with Gasteiger partial charge in [-0.15, -0.1) is 18.0 Å². The van der Waals surface area contributed by atoms with Crippen LogP contribution < -0.4 is 0 Å². The summed E-state index contributed by atoms with van der Waals surface area (Å²) >= 11 is 5.65. The summed E-state index contributed by atoms with van der Waals surface area (Å²) in [6, 6.07) is 0. The van der Waals surface area contributed by atoms with E-state index >= 15 is 0 Å². The quantitative estimate of drug-likeness (QED) is 0.439. The summed E-state index contributed by atoms with van der Waals surface area (Å²) in [5.74, 6) is 3.47. The molecule has 0 unspecified atom stereocenters. The molecule has 11 heavy (non-hydrogen) atoms. The van der Waals surface area contributed by atoms with E-state index in [9.17, 15) is 0 Å². The fraction of sp³-hybridized carbons (Fsp3) is 0.600. The van der Waals surface area contributed by atoms with Gasteiger partial charge in [-0.05, 0) is 32.1 Å². The van der Waals surface area contributed by atoms with E-state index in [1.54, 1.807) is 0 Å². The third-order valence-electron chi connectivity index (χ3n) is 2.15. The van der Waals surface area contributed by atoms with Gasteiger partial charge in [-0.3, -0.25) is 0 Å². The van der Waals surface area contributed by atoms with E-state index in [2.05, 4.69) is 5.92 Å². The molecule has 0 saturated heterocycles. The van der Waals surface area contributed by atoms with Crippen molar-refractivity contribution in [2.45, 2.75) is 32.1 Å². The summed E-state index contributed by atoms with van der Waals surface area (Å²) in [5.41, 5.74) is 2.64. The Morgan fingerprint density at radius 3 is 2.73 bits per heavy atom. The number of halogens is 1. The molecule has 0 fully saturated rings. The first-order chi connectivity index (χ1) is 5.38. The normalized spacial score (nSPS) is 18.2. The summed E-state index contributed by atoms with van der Waals surface area (Å²) in [7, 11) is 0. The topological polar surface area (TPSA) is 0 Å². The minimum Gasteiger partial charge on any atom is -0.126 e. The van der Waals surface area contributed by atoms with E-state index in [4.69, 9.17) is 18.0 Å². The minimum absolute atomic E-state index is 0.709. The second-order valence-electron chi connectivity index (χ2n) is 2.87. The minimum atomic E-state index is 0.709. The van der Waals surface area contributed by atoms with Gasteiger partial charge in [0.05, 0.1) is 0 Å². The molecule has 0 amide bonds. The second kappa shape index (κ2) is 4.46. The van der Waals surface area contributed by atoms with Gasteiger partial charge in [0.15, 0.2) is 0 Å². The first-order valence-electron chi connectivity index (χ1n) is 4.12. The zero-order valence-corrected chi connectivity index (χ0v) is 7.45. The molecule has 0 atom stereocenters. The monoisotopic (exact) mass is 168 g/mol. The van der Waals surface area contributed by atoms with Crippen LogP contribution in [0.1, 0.15) is 32.1 Å². The van der Waals surface area contributed by atoms with Crippen molar-refractivity contribution in [1.29, 1.82) is 0 Å². The van der Waals surface area contributed by atoms with Crippen LogP contribution in [0.5, 0.6) is 0 Å². The van der Waals surface area contributed by atoms with Gasteiger partial charge in [0, 0.05) is 11.5 Å². The molecule has 1 aliphatic carbocycles. The van der Waals surface area contributed by atoms with Crippen LogP contribution in [0.25, 0.3) is 0 Å². The predicted octanol–water partition coefficient (Wildman–Crippen LogP) is 3.12. The molecule has 0 aromatic rings. The summed E-state index contributed by atoms with van der Waals surface area (Å²) in [5, 5.41) is 0.